The molecule has 1 aromatic heterocycles. The summed E-state index contributed by atoms with van der Waals surface area (Å²) in [5.74, 6) is 0.916. The molecule has 3 nitrogen and oxygen atoms in total. The Labute approximate surface area is 112 Å². The Bertz CT molecular complexity index is 386. The van der Waals surface area contributed by atoms with Crippen molar-refractivity contribution in [2.45, 2.75) is 43.9 Å². The smallest absolute Gasteiger partial charge is 0.137 e. The molecule has 2 atom stereocenters. The van der Waals surface area contributed by atoms with Gasteiger partial charge in [-0.15, -0.1) is 0 Å². The highest BCUT2D eigenvalue weighted by atomic mass is 35.5. The van der Waals surface area contributed by atoms with Gasteiger partial charge in [0, 0.05) is 16.9 Å². The van der Waals surface area contributed by atoms with Crippen LogP contribution in [0.4, 0.5) is 5.82 Å². The first-order valence-corrected chi connectivity index (χ1v) is 7.69. The molecular weight excluding hydrogens is 254 g/mol. The fourth-order valence-corrected chi connectivity index (χ4v) is 3.37. The lowest BCUT2D eigenvalue weighted by Crippen LogP contribution is -2.18. The molecule has 1 fully saturated rings. The summed E-state index contributed by atoms with van der Waals surface area (Å²) in [4.78, 5) is 8.34. The molecule has 5 heteroatoms. The second-order valence-corrected chi connectivity index (χ2v) is 5.85. The summed E-state index contributed by atoms with van der Waals surface area (Å²) in [5, 5.41) is 4.88. The molecule has 1 saturated carbocycles. The maximum Gasteiger partial charge on any atom is 0.137 e. The Kier molecular flexibility index (Phi) is 4.51. The normalized spacial score (nSPS) is 23.9. The molecule has 0 aromatic carbocycles. The van der Waals surface area contributed by atoms with Gasteiger partial charge in [-0.3, -0.25) is 0 Å². The van der Waals surface area contributed by atoms with Crippen LogP contribution in [-0.2, 0) is 6.42 Å². The topological polar surface area (TPSA) is 37.8 Å². The highest BCUT2D eigenvalue weighted by Crippen LogP contribution is 2.31. The number of anilines is 1. The monoisotopic (exact) mass is 271 g/mol. The summed E-state index contributed by atoms with van der Waals surface area (Å²) in [6.07, 6.45) is 8.30. The first kappa shape index (κ1) is 13.0. The molecule has 1 aliphatic rings. The number of hydrogen-bond acceptors (Lipinski definition) is 4. The number of hydrogen-bond donors (Lipinski definition) is 1. The number of rotatable bonds is 4. The van der Waals surface area contributed by atoms with Crippen LogP contribution in [0.25, 0.3) is 0 Å². The molecule has 0 radical (unpaired) electrons. The largest absolute Gasteiger partial charge is 0.367 e. The van der Waals surface area contributed by atoms with Crippen molar-refractivity contribution >= 4 is 29.2 Å². The molecule has 0 saturated heterocycles. The Morgan fingerprint density at radius 1 is 1.47 bits per heavy atom. The average Bonchev–Trinajstić information content (AvgIpc) is 2.77. The van der Waals surface area contributed by atoms with E-state index in [0.717, 1.165) is 23.1 Å². The van der Waals surface area contributed by atoms with Gasteiger partial charge in [-0.05, 0) is 31.9 Å². The minimum Gasteiger partial charge on any atom is -0.367 e. The lowest BCUT2D eigenvalue weighted by atomic mass is 10.2. The van der Waals surface area contributed by atoms with Crippen LogP contribution in [0.3, 0.4) is 0 Å². The van der Waals surface area contributed by atoms with Crippen LogP contribution < -0.4 is 5.32 Å². The fourth-order valence-electron chi connectivity index (χ4n) is 2.31. The van der Waals surface area contributed by atoms with Crippen LogP contribution >= 0.6 is 23.4 Å². The van der Waals surface area contributed by atoms with Gasteiger partial charge in [0.15, 0.2) is 0 Å². The van der Waals surface area contributed by atoms with Crippen molar-refractivity contribution in [2.75, 3.05) is 11.6 Å². The van der Waals surface area contributed by atoms with Gasteiger partial charge >= 0.3 is 0 Å². The van der Waals surface area contributed by atoms with E-state index >= 15 is 0 Å². The van der Waals surface area contributed by atoms with E-state index in [4.69, 9.17) is 11.6 Å². The van der Waals surface area contributed by atoms with Crippen LogP contribution in [0, 0.1) is 0 Å². The van der Waals surface area contributed by atoms with Crippen molar-refractivity contribution in [3.05, 3.63) is 17.0 Å². The second-order valence-electron chi connectivity index (χ2n) is 4.36. The van der Waals surface area contributed by atoms with Crippen LogP contribution in [0.2, 0.25) is 5.15 Å². The number of aromatic nitrogens is 2. The van der Waals surface area contributed by atoms with Crippen LogP contribution in [-0.4, -0.2) is 27.5 Å². The maximum absolute atomic E-state index is 6.08. The highest BCUT2D eigenvalue weighted by Gasteiger charge is 2.24. The molecule has 0 amide bonds. The third kappa shape index (κ3) is 3.05. The molecule has 94 valence electrons. The first-order valence-electron chi connectivity index (χ1n) is 6.03. The molecular formula is C12H18ClN3S. The summed E-state index contributed by atoms with van der Waals surface area (Å²) in [6, 6.07) is 0.531. The van der Waals surface area contributed by atoms with Crippen LogP contribution in [0.1, 0.15) is 31.7 Å². The van der Waals surface area contributed by atoms with Crippen LogP contribution in [0.5, 0.6) is 0 Å². The quantitative estimate of drug-likeness (QED) is 0.852. The lowest BCUT2D eigenvalue weighted by Gasteiger charge is -2.16. The van der Waals surface area contributed by atoms with Gasteiger partial charge in [0.1, 0.15) is 17.3 Å². The molecule has 0 aliphatic heterocycles. The van der Waals surface area contributed by atoms with Crippen LogP contribution in [0.15, 0.2) is 6.33 Å². The van der Waals surface area contributed by atoms with Gasteiger partial charge in [0.25, 0.3) is 0 Å². The van der Waals surface area contributed by atoms with E-state index in [1.54, 1.807) is 0 Å². The minimum atomic E-state index is 0.531. The minimum absolute atomic E-state index is 0.531. The molecule has 1 N–H and O–H groups in total. The molecule has 2 unspecified atom stereocenters. The Balaban J connectivity index is 2.06. The van der Waals surface area contributed by atoms with Gasteiger partial charge in [-0.1, -0.05) is 18.5 Å². The maximum atomic E-state index is 6.08. The van der Waals surface area contributed by atoms with Crippen molar-refractivity contribution < 1.29 is 0 Å². The van der Waals surface area contributed by atoms with Crippen molar-refractivity contribution in [1.29, 1.82) is 0 Å². The lowest BCUT2D eigenvalue weighted by molar-refractivity contribution is 0.748. The van der Waals surface area contributed by atoms with E-state index in [-0.39, 0.29) is 0 Å². The zero-order chi connectivity index (χ0) is 12.3. The molecule has 17 heavy (non-hydrogen) atoms. The van der Waals surface area contributed by atoms with E-state index in [1.807, 2.05) is 11.8 Å². The summed E-state index contributed by atoms with van der Waals surface area (Å²) < 4.78 is 0. The zero-order valence-corrected chi connectivity index (χ0v) is 11.8. The highest BCUT2D eigenvalue weighted by molar-refractivity contribution is 7.99. The molecule has 0 bridgehead atoms. The fraction of sp³-hybridized carbons (Fsp3) is 0.667. The third-order valence-electron chi connectivity index (χ3n) is 3.31. The van der Waals surface area contributed by atoms with Crippen molar-refractivity contribution in [1.82, 2.24) is 9.97 Å². The predicted octanol–water partition coefficient (Wildman–Crippen LogP) is 3.39. The van der Waals surface area contributed by atoms with Crippen molar-refractivity contribution in [3.63, 3.8) is 0 Å². The average molecular weight is 272 g/mol. The number of thioether (sulfide) groups is 1. The van der Waals surface area contributed by atoms with E-state index in [2.05, 4.69) is 28.5 Å². The van der Waals surface area contributed by atoms with Gasteiger partial charge in [0.05, 0.1) is 0 Å². The summed E-state index contributed by atoms with van der Waals surface area (Å²) in [6.45, 7) is 2.08. The van der Waals surface area contributed by atoms with E-state index < -0.39 is 0 Å². The summed E-state index contributed by atoms with van der Waals surface area (Å²) >= 11 is 8.04. The third-order valence-corrected chi connectivity index (χ3v) is 4.73. The Hall–Kier alpha value is -0.480. The van der Waals surface area contributed by atoms with E-state index in [0.29, 0.717) is 11.2 Å². The summed E-state index contributed by atoms with van der Waals surface area (Å²) in [7, 11) is 0. The molecule has 1 aliphatic carbocycles. The number of nitrogens with zero attached hydrogens (tertiary/aromatic N) is 2. The van der Waals surface area contributed by atoms with E-state index in [9.17, 15) is 0 Å². The van der Waals surface area contributed by atoms with Gasteiger partial charge in [0.2, 0.25) is 0 Å². The van der Waals surface area contributed by atoms with Crippen molar-refractivity contribution in [2.24, 2.45) is 0 Å². The SMILES string of the molecule is CCc1c(Cl)ncnc1NC1CCC(SC)C1. The number of halogens is 1. The van der Waals surface area contributed by atoms with Gasteiger partial charge in [-0.25, -0.2) is 9.97 Å². The molecule has 1 heterocycles. The summed E-state index contributed by atoms with van der Waals surface area (Å²) in [5.41, 5.74) is 1.03. The molecule has 2 rings (SSSR count). The standard InChI is InChI=1S/C12H18ClN3S/c1-3-10-11(13)14-7-15-12(10)16-8-4-5-9(6-8)17-2/h7-9H,3-6H2,1-2H3,(H,14,15,16). The zero-order valence-electron chi connectivity index (χ0n) is 10.2. The Morgan fingerprint density at radius 3 is 2.94 bits per heavy atom. The first-order chi connectivity index (χ1) is 8.24. The Morgan fingerprint density at radius 2 is 2.29 bits per heavy atom. The number of nitrogens with one attached hydrogen (secondary N) is 1. The predicted molar refractivity (Wildman–Crippen MR) is 75.0 cm³/mol. The van der Waals surface area contributed by atoms with Crippen molar-refractivity contribution in [3.8, 4) is 0 Å². The molecule has 1 aromatic rings. The van der Waals surface area contributed by atoms with E-state index in [1.165, 1.54) is 25.6 Å². The second kappa shape index (κ2) is 5.91. The molecule has 0 spiro atoms. The van der Waals surface area contributed by atoms with Gasteiger partial charge < -0.3 is 5.32 Å². The van der Waals surface area contributed by atoms with Gasteiger partial charge in [-0.2, -0.15) is 11.8 Å².